The average molecular weight is 310 g/mol. The molecule has 0 amide bonds. The van der Waals surface area contributed by atoms with Crippen LogP contribution in [0.1, 0.15) is 31.2 Å². The summed E-state index contributed by atoms with van der Waals surface area (Å²) in [7, 11) is 1.97. The van der Waals surface area contributed by atoms with Gasteiger partial charge in [-0.1, -0.05) is 15.9 Å². The fraction of sp³-hybridized carbons (Fsp3) is 0.600. The molecule has 1 N–H and O–H groups in total. The van der Waals surface area contributed by atoms with Gasteiger partial charge in [-0.3, -0.25) is 0 Å². The van der Waals surface area contributed by atoms with Gasteiger partial charge in [0.05, 0.1) is 0 Å². The summed E-state index contributed by atoms with van der Waals surface area (Å²) < 4.78 is 7.35. The Balaban J connectivity index is 1.71. The monoisotopic (exact) mass is 309 g/mol. The first-order valence-corrected chi connectivity index (χ1v) is 7.65. The molecule has 2 aliphatic rings. The van der Waals surface area contributed by atoms with Crippen LogP contribution in [0, 0.1) is 11.8 Å². The minimum absolute atomic E-state index is 0.465. The maximum atomic E-state index is 6.20. The highest BCUT2D eigenvalue weighted by molar-refractivity contribution is 9.10. The largest absolute Gasteiger partial charge is 0.490 e. The SMILES string of the molecule is CNCc1cc(OC2CC3CCC2C3)ccc1Br. The Morgan fingerprint density at radius 1 is 1.33 bits per heavy atom. The number of hydrogen-bond donors (Lipinski definition) is 1. The Hall–Kier alpha value is -0.540. The van der Waals surface area contributed by atoms with E-state index in [9.17, 15) is 0 Å². The summed E-state index contributed by atoms with van der Waals surface area (Å²) in [6.45, 7) is 0.870. The van der Waals surface area contributed by atoms with Gasteiger partial charge in [0.15, 0.2) is 0 Å². The molecule has 18 heavy (non-hydrogen) atoms. The van der Waals surface area contributed by atoms with Gasteiger partial charge in [0.1, 0.15) is 11.9 Å². The summed E-state index contributed by atoms with van der Waals surface area (Å²) in [4.78, 5) is 0. The molecule has 0 saturated heterocycles. The van der Waals surface area contributed by atoms with Crippen molar-refractivity contribution in [1.82, 2.24) is 5.32 Å². The van der Waals surface area contributed by atoms with Crippen molar-refractivity contribution >= 4 is 15.9 Å². The molecule has 3 unspecified atom stereocenters. The van der Waals surface area contributed by atoms with E-state index < -0.39 is 0 Å². The predicted molar refractivity (Wildman–Crippen MR) is 76.8 cm³/mol. The average Bonchev–Trinajstić information content (AvgIpc) is 2.96. The first kappa shape index (κ1) is 12.5. The minimum Gasteiger partial charge on any atom is -0.490 e. The van der Waals surface area contributed by atoms with Gasteiger partial charge >= 0.3 is 0 Å². The summed E-state index contributed by atoms with van der Waals surface area (Å²) in [5.41, 5.74) is 1.26. The Bertz CT molecular complexity index is 435. The number of benzene rings is 1. The molecule has 2 nitrogen and oxygen atoms in total. The number of rotatable bonds is 4. The van der Waals surface area contributed by atoms with Gasteiger partial charge in [0, 0.05) is 11.0 Å². The van der Waals surface area contributed by atoms with E-state index in [0.29, 0.717) is 6.10 Å². The maximum Gasteiger partial charge on any atom is 0.120 e. The third-order valence-electron chi connectivity index (χ3n) is 4.35. The molecule has 2 aliphatic carbocycles. The van der Waals surface area contributed by atoms with E-state index in [2.05, 4.69) is 39.4 Å². The van der Waals surface area contributed by atoms with Crippen molar-refractivity contribution < 1.29 is 4.74 Å². The summed E-state index contributed by atoms with van der Waals surface area (Å²) in [5, 5.41) is 3.19. The summed E-state index contributed by atoms with van der Waals surface area (Å²) in [6, 6.07) is 6.33. The number of nitrogens with one attached hydrogen (secondary N) is 1. The zero-order valence-electron chi connectivity index (χ0n) is 10.8. The first-order valence-electron chi connectivity index (χ1n) is 6.86. The van der Waals surface area contributed by atoms with Crippen LogP contribution in [0.3, 0.4) is 0 Å². The lowest BCUT2D eigenvalue weighted by Crippen LogP contribution is -2.23. The van der Waals surface area contributed by atoms with E-state index in [-0.39, 0.29) is 0 Å². The fourth-order valence-electron chi connectivity index (χ4n) is 3.46. The third-order valence-corrected chi connectivity index (χ3v) is 5.12. The maximum absolute atomic E-state index is 6.20. The van der Waals surface area contributed by atoms with Crippen molar-refractivity contribution in [3.8, 4) is 5.75 Å². The van der Waals surface area contributed by atoms with Crippen molar-refractivity contribution in [3.05, 3.63) is 28.2 Å². The van der Waals surface area contributed by atoms with E-state index in [0.717, 1.165) is 28.6 Å². The van der Waals surface area contributed by atoms with Crippen molar-refractivity contribution in [2.45, 2.75) is 38.3 Å². The third kappa shape index (κ3) is 2.43. The van der Waals surface area contributed by atoms with Gasteiger partial charge < -0.3 is 10.1 Å². The van der Waals surface area contributed by atoms with Gasteiger partial charge in [0.25, 0.3) is 0 Å². The van der Waals surface area contributed by atoms with Crippen molar-refractivity contribution in [2.24, 2.45) is 11.8 Å². The van der Waals surface area contributed by atoms with Crippen molar-refractivity contribution in [2.75, 3.05) is 7.05 Å². The minimum atomic E-state index is 0.465. The van der Waals surface area contributed by atoms with E-state index in [1.54, 1.807) is 0 Å². The highest BCUT2D eigenvalue weighted by Crippen LogP contribution is 2.46. The topological polar surface area (TPSA) is 21.3 Å². The molecule has 2 saturated carbocycles. The highest BCUT2D eigenvalue weighted by atomic mass is 79.9. The highest BCUT2D eigenvalue weighted by Gasteiger charge is 2.40. The summed E-state index contributed by atoms with van der Waals surface area (Å²) in [6.07, 6.45) is 5.92. The van der Waals surface area contributed by atoms with Gasteiger partial charge in [-0.15, -0.1) is 0 Å². The van der Waals surface area contributed by atoms with Gasteiger partial charge in [-0.25, -0.2) is 0 Å². The normalized spacial score (nSPS) is 29.8. The van der Waals surface area contributed by atoms with Gasteiger partial charge in [-0.2, -0.15) is 0 Å². The lowest BCUT2D eigenvalue weighted by atomic mass is 9.98. The van der Waals surface area contributed by atoms with Crippen LogP contribution in [-0.4, -0.2) is 13.2 Å². The van der Waals surface area contributed by atoms with Crippen LogP contribution in [0.15, 0.2) is 22.7 Å². The zero-order valence-corrected chi connectivity index (χ0v) is 12.4. The summed E-state index contributed by atoms with van der Waals surface area (Å²) >= 11 is 3.58. The number of halogens is 1. The van der Waals surface area contributed by atoms with Crippen LogP contribution in [0.2, 0.25) is 0 Å². The molecule has 0 aliphatic heterocycles. The molecule has 0 spiro atoms. The van der Waals surface area contributed by atoms with Crippen LogP contribution in [0.25, 0.3) is 0 Å². The van der Waals surface area contributed by atoms with Gasteiger partial charge in [0.2, 0.25) is 0 Å². The fourth-order valence-corrected chi connectivity index (χ4v) is 3.84. The molecule has 2 fully saturated rings. The van der Waals surface area contributed by atoms with Crippen LogP contribution in [0.4, 0.5) is 0 Å². The van der Waals surface area contributed by atoms with E-state index >= 15 is 0 Å². The van der Waals surface area contributed by atoms with Gasteiger partial charge in [-0.05, 0) is 68.3 Å². The second-order valence-corrected chi connectivity index (χ2v) is 6.47. The second-order valence-electron chi connectivity index (χ2n) is 5.61. The predicted octanol–water partition coefficient (Wildman–Crippen LogP) is 3.74. The van der Waals surface area contributed by atoms with Crippen molar-refractivity contribution in [3.63, 3.8) is 0 Å². The standard InChI is InChI=1S/C15H20BrNO/c1-17-9-12-8-13(4-5-14(12)16)18-15-7-10-2-3-11(15)6-10/h4-5,8,10-11,15,17H,2-3,6-7,9H2,1H3. The molecule has 3 rings (SSSR count). The van der Waals surface area contributed by atoms with Crippen molar-refractivity contribution in [1.29, 1.82) is 0 Å². The molecule has 0 aromatic heterocycles. The molecular weight excluding hydrogens is 290 g/mol. The zero-order chi connectivity index (χ0) is 12.5. The Kier molecular flexibility index (Phi) is 3.62. The van der Waals surface area contributed by atoms with Crippen LogP contribution < -0.4 is 10.1 Å². The first-order chi connectivity index (χ1) is 8.76. The molecule has 1 aromatic carbocycles. The van der Waals surface area contributed by atoms with Crippen LogP contribution >= 0.6 is 15.9 Å². The number of hydrogen-bond acceptors (Lipinski definition) is 2. The lowest BCUT2D eigenvalue weighted by Gasteiger charge is -2.23. The van der Waals surface area contributed by atoms with E-state index in [4.69, 9.17) is 4.74 Å². The van der Waals surface area contributed by atoms with E-state index in [1.165, 1.54) is 31.2 Å². The molecule has 0 heterocycles. The molecule has 1 aromatic rings. The molecule has 3 heteroatoms. The van der Waals surface area contributed by atoms with E-state index in [1.807, 2.05) is 7.05 Å². The molecular formula is C15H20BrNO. The Labute approximate surface area is 117 Å². The number of fused-ring (bicyclic) bond motifs is 2. The smallest absolute Gasteiger partial charge is 0.120 e. The van der Waals surface area contributed by atoms with Crippen LogP contribution in [0.5, 0.6) is 5.75 Å². The second kappa shape index (κ2) is 5.22. The molecule has 98 valence electrons. The number of ether oxygens (including phenoxy) is 1. The Morgan fingerprint density at radius 3 is 2.89 bits per heavy atom. The lowest BCUT2D eigenvalue weighted by molar-refractivity contribution is 0.138. The molecule has 3 atom stereocenters. The van der Waals surface area contributed by atoms with Crippen LogP contribution in [-0.2, 0) is 6.54 Å². The molecule has 0 radical (unpaired) electrons. The molecule has 2 bridgehead atoms. The summed E-state index contributed by atoms with van der Waals surface area (Å²) in [5.74, 6) is 2.78. The quantitative estimate of drug-likeness (QED) is 0.915. The Morgan fingerprint density at radius 2 is 2.22 bits per heavy atom.